The maximum atomic E-state index is 12.9. The number of hydrogen-bond acceptors (Lipinski definition) is 3. The van der Waals surface area contributed by atoms with Crippen molar-refractivity contribution >= 4 is 5.91 Å². The molecular formula is C16H21FN2O2. The van der Waals surface area contributed by atoms with Crippen LogP contribution in [0, 0.1) is 5.82 Å². The Balaban J connectivity index is 1.91. The fraction of sp³-hybridized carbons (Fsp3) is 0.438. The Morgan fingerprint density at radius 2 is 2.14 bits per heavy atom. The van der Waals surface area contributed by atoms with E-state index in [9.17, 15) is 14.3 Å². The van der Waals surface area contributed by atoms with E-state index in [1.165, 1.54) is 12.1 Å². The minimum absolute atomic E-state index is 0.0758. The fourth-order valence-electron chi connectivity index (χ4n) is 2.22. The lowest BCUT2D eigenvalue weighted by atomic mass is 10.1. The lowest BCUT2D eigenvalue weighted by Gasteiger charge is -2.24. The average molecular weight is 292 g/mol. The molecule has 1 fully saturated rings. The molecule has 0 radical (unpaired) electrons. The number of aliphatic hydroxyl groups is 1. The van der Waals surface area contributed by atoms with Gasteiger partial charge < -0.3 is 10.4 Å². The Kier molecular flexibility index (Phi) is 5.47. The smallest absolute Gasteiger partial charge is 0.234 e. The van der Waals surface area contributed by atoms with Gasteiger partial charge in [0.15, 0.2) is 0 Å². The fourth-order valence-corrected chi connectivity index (χ4v) is 2.22. The van der Waals surface area contributed by atoms with Gasteiger partial charge in [0.2, 0.25) is 5.91 Å². The van der Waals surface area contributed by atoms with E-state index < -0.39 is 6.10 Å². The Labute approximate surface area is 124 Å². The minimum Gasteiger partial charge on any atom is -0.387 e. The van der Waals surface area contributed by atoms with Crippen molar-refractivity contribution in [2.24, 2.45) is 0 Å². The van der Waals surface area contributed by atoms with Crippen molar-refractivity contribution in [3.63, 3.8) is 0 Å². The normalized spacial score (nSPS) is 15.8. The number of benzene rings is 1. The first-order valence-electron chi connectivity index (χ1n) is 7.15. The van der Waals surface area contributed by atoms with Crippen LogP contribution in [0.15, 0.2) is 36.9 Å². The van der Waals surface area contributed by atoms with E-state index in [0.717, 1.165) is 12.8 Å². The monoisotopic (exact) mass is 292 g/mol. The molecule has 0 heterocycles. The number of rotatable bonds is 8. The van der Waals surface area contributed by atoms with Gasteiger partial charge in [-0.15, -0.1) is 6.58 Å². The summed E-state index contributed by atoms with van der Waals surface area (Å²) in [4.78, 5) is 13.8. The number of halogens is 1. The van der Waals surface area contributed by atoms with Gasteiger partial charge >= 0.3 is 0 Å². The minimum atomic E-state index is -0.724. The number of carbonyl (C=O) groups excluding carboxylic acids is 1. The van der Waals surface area contributed by atoms with E-state index in [0.29, 0.717) is 24.7 Å². The van der Waals surface area contributed by atoms with Crippen molar-refractivity contribution in [3.05, 3.63) is 48.3 Å². The number of hydrogen-bond donors (Lipinski definition) is 2. The molecule has 1 aromatic rings. The predicted molar refractivity (Wildman–Crippen MR) is 79.2 cm³/mol. The van der Waals surface area contributed by atoms with Crippen LogP contribution in [-0.4, -0.2) is 41.6 Å². The molecule has 0 aromatic heterocycles. The van der Waals surface area contributed by atoms with Gasteiger partial charge in [-0.2, -0.15) is 0 Å². The third-order valence-corrected chi connectivity index (χ3v) is 3.52. The molecule has 1 aliphatic carbocycles. The molecular weight excluding hydrogens is 271 g/mol. The summed E-state index contributed by atoms with van der Waals surface area (Å²) >= 11 is 0. The second-order valence-corrected chi connectivity index (χ2v) is 5.32. The summed E-state index contributed by atoms with van der Waals surface area (Å²) in [7, 11) is 0. The van der Waals surface area contributed by atoms with Crippen molar-refractivity contribution in [1.29, 1.82) is 0 Å². The second kappa shape index (κ2) is 7.33. The van der Waals surface area contributed by atoms with Crippen LogP contribution in [0.25, 0.3) is 0 Å². The van der Waals surface area contributed by atoms with E-state index in [4.69, 9.17) is 0 Å². The molecule has 5 heteroatoms. The lowest BCUT2D eigenvalue weighted by Crippen LogP contribution is -2.40. The Bertz CT molecular complexity index is 486. The summed E-state index contributed by atoms with van der Waals surface area (Å²) in [6.07, 6.45) is 3.00. The van der Waals surface area contributed by atoms with Crippen LogP contribution in [-0.2, 0) is 4.79 Å². The maximum Gasteiger partial charge on any atom is 0.234 e. The molecule has 0 saturated heterocycles. The van der Waals surface area contributed by atoms with Crippen molar-refractivity contribution in [2.75, 3.05) is 19.6 Å². The predicted octanol–water partition coefficient (Wildman–Crippen LogP) is 1.63. The molecule has 1 unspecified atom stereocenters. The summed E-state index contributed by atoms with van der Waals surface area (Å²) in [5.41, 5.74) is 0.661. The molecule has 21 heavy (non-hydrogen) atoms. The van der Waals surface area contributed by atoms with Crippen LogP contribution in [0.3, 0.4) is 0 Å². The number of amides is 1. The topological polar surface area (TPSA) is 52.6 Å². The van der Waals surface area contributed by atoms with Crippen LogP contribution in [0.1, 0.15) is 24.5 Å². The van der Waals surface area contributed by atoms with Crippen molar-refractivity contribution in [1.82, 2.24) is 10.2 Å². The molecule has 1 aromatic carbocycles. The highest BCUT2D eigenvalue weighted by Crippen LogP contribution is 2.28. The molecule has 2 rings (SSSR count). The molecule has 0 bridgehead atoms. The molecule has 114 valence electrons. The van der Waals surface area contributed by atoms with Gasteiger partial charge in [-0.25, -0.2) is 4.39 Å². The average Bonchev–Trinajstić information content (AvgIpc) is 3.29. The molecule has 1 saturated carbocycles. The van der Waals surface area contributed by atoms with Crippen molar-refractivity contribution in [2.45, 2.75) is 25.0 Å². The first-order valence-corrected chi connectivity index (χ1v) is 7.15. The summed E-state index contributed by atoms with van der Waals surface area (Å²) in [5, 5.41) is 13.0. The molecule has 0 spiro atoms. The van der Waals surface area contributed by atoms with Gasteiger partial charge in [-0.05, 0) is 30.5 Å². The highest BCUT2D eigenvalue weighted by atomic mass is 19.1. The first-order chi connectivity index (χ1) is 10.1. The van der Waals surface area contributed by atoms with E-state index in [1.54, 1.807) is 18.2 Å². The van der Waals surface area contributed by atoms with E-state index in [-0.39, 0.29) is 18.3 Å². The SMILES string of the molecule is C=CCNC(=O)CN(CC(O)c1ccc(F)cc1)C1CC1. The van der Waals surface area contributed by atoms with Crippen molar-refractivity contribution < 1.29 is 14.3 Å². The van der Waals surface area contributed by atoms with E-state index >= 15 is 0 Å². The Hall–Kier alpha value is -1.72. The van der Waals surface area contributed by atoms with Crippen LogP contribution in [0.2, 0.25) is 0 Å². The summed E-state index contributed by atoms with van der Waals surface area (Å²) in [5.74, 6) is -0.401. The standard InChI is InChI=1S/C16H21FN2O2/c1-2-9-18-16(21)11-19(14-7-8-14)10-15(20)12-3-5-13(17)6-4-12/h2-6,14-15,20H,1,7-11H2,(H,18,21). The lowest BCUT2D eigenvalue weighted by molar-refractivity contribution is -0.122. The third-order valence-electron chi connectivity index (χ3n) is 3.52. The maximum absolute atomic E-state index is 12.9. The Morgan fingerprint density at radius 1 is 1.48 bits per heavy atom. The first kappa shape index (κ1) is 15.7. The quantitative estimate of drug-likeness (QED) is 0.716. The number of aliphatic hydroxyl groups excluding tert-OH is 1. The molecule has 2 N–H and O–H groups in total. The van der Waals surface area contributed by atoms with Gasteiger partial charge in [0.1, 0.15) is 5.82 Å². The summed E-state index contributed by atoms with van der Waals surface area (Å²) in [6.45, 7) is 4.63. The van der Waals surface area contributed by atoms with Crippen LogP contribution < -0.4 is 5.32 Å². The highest BCUT2D eigenvalue weighted by molar-refractivity contribution is 5.78. The van der Waals surface area contributed by atoms with Crippen LogP contribution >= 0.6 is 0 Å². The van der Waals surface area contributed by atoms with Gasteiger partial charge in [-0.1, -0.05) is 18.2 Å². The van der Waals surface area contributed by atoms with Crippen LogP contribution in [0.4, 0.5) is 4.39 Å². The van der Waals surface area contributed by atoms with Gasteiger partial charge in [0.05, 0.1) is 12.6 Å². The highest BCUT2D eigenvalue weighted by Gasteiger charge is 2.31. The zero-order valence-electron chi connectivity index (χ0n) is 12.0. The Morgan fingerprint density at radius 3 is 2.71 bits per heavy atom. The van der Waals surface area contributed by atoms with Gasteiger partial charge in [0, 0.05) is 19.1 Å². The molecule has 1 atom stereocenters. The summed E-state index contributed by atoms with van der Waals surface area (Å²) < 4.78 is 12.9. The summed E-state index contributed by atoms with van der Waals surface area (Å²) in [6, 6.07) is 6.16. The van der Waals surface area contributed by atoms with Gasteiger partial charge in [0.25, 0.3) is 0 Å². The zero-order chi connectivity index (χ0) is 15.2. The molecule has 1 amide bonds. The van der Waals surface area contributed by atoms with Crippen LogP contribution in [0.5, 0.6) is 0 Å². The number of nitrogens with one attached hydrogen (secondary N) is 1. The zero-order valence-corrected chi connectivity index (χ0v) is 12.0. The number of nitrogens with zero attached hydrogens (tertiary/aromatic N) is 1. The third kappa shape index (κ3) is 4.95. The number of carbonyl (C=O) groups is 1. The second-order valence-electron chi connectivity index (χ2n) is 5.32. The molecule has 1 aliphatic rings. The van der Waals surface area contributed by atoms with E-state index in [1.807, 2.05) is 4.90 Å². The molecule has 4 nitrogen and oxygen atoms in total. The van der Waals surface area contributed by atoms with Crippen molar-refractivity contribution in [3.8, 4) is 0 Å². The molecule has 0 aliphatic heterocycles. The van der Waals surface area contributed by atoms with E-state index in [2.05, 4.69) is 11.9 Å². The van der Waals surface area contributed by atoms with Gasteiger partial charge in [-0.3, -0.25) is 9.69 Å². The largest absolute Gasteiger partial charge is 0.387 e.